The van der Waals surface area contributed by atoms with Gasteiger partial charge in [0.25, 0.3) is 5.91 Å². The molecule has 0 aliphatic heterocycles. The van der Waals surface area contributed by atoms with E-state index in [-0.39, 0.29) is 11.7 Å². The van der Waals surface area contributed by atoms with E-state index in [9.17, 15) is 19.5 Å². The minimum atomic E-state index is -0.819. The number of aromatic hydroxyl groups is 1. The number of phenols is 1. The maximum atomic E-state index is 12.8. The quantitative estimate of drug-likeness (QED) is 0.243. The molecule has 0 aromatic heterocycles. The summed E-state index contributed by atoms with van der Waals surface area (Å²) in [4.78, 5) is 36.4. The average Bonchev–Trinajstić information content (AvgIpc) is 2.86. The van der Waals surface area contributed by atoms with Crippen molar-refractivity contribution in [1.82, 2.24) is 10.6 Å². The topological polar surface area (TPSA) is 157 Å². The highest BCUT2D eigenvalue weighted by Crippen LogP contribution is 2.26. The normalized spacial score (nSPS) is 12.5. The van der Waals surface area contributed by atoms with Gasteiger partial charge in [-0.05, 0) is 66.8 Å². The summed E-state index contributed by atoms with van der Waals surface area (Å²) in [6.07, 6.45) is 1.67. The van der Waals surface area contributed by atoms with Crippen molar-refractivity contribution in [3.63, 3.8) is 0 Å². The molecular formula is C27H32N4O5. The van der Waals surface area contributed by atoms with Crippen molar-refractivity contribution in [2.75, 3.05) is 13.2 Å². The molecule has 0 fully saturated rings. The molecule has 9 nitrogen and oxygen atoms in total. The van der Waals surface area contributed by atoms with E-state index in [4.69, 9.17) is 16.2 Å². The lowest BCUT2D eigenvalue weighted by Gasteiger charge is -2.15. The van der Waals surface area contributed by atoms with Gasteiger partial charge in [0.2, 0.25) is 11.8 Å². The van der Waals surface area contributed by atoms with Gasteiger partial charge in [0.15, 0.2) is 0 Å². The number of rotatable bonds is 12. The van der Waals surface area contributed by atoms with Crippen molar-refractivity contribution in [3.8, 4) is 11.5 Å². The van der Waals surface area contributed by atoms with E-state index in [0.29, 0.717) is 43.7 Å². The number of phenolic OH excluding ortho intramolecular Hbond substituents is 1. The molecule has 0 unspecified atom stereocenters. The van der Waals surface area contributed by atoms with E-state index in [2.05, 4.69) is 10.6 Å². The third-order valence-corrected chi connectivity index (χ3v) is 5.72. The van der Waals surface area contributed by atoms with Gasteiger partial charge in [-0.2, -0.15) is 0 Å². The number of ether oxygens (including phenoxy) is 1. The van der Waals surface area contributed by atoms with Crippen LogP contribution in [-0.2, 0) is 16.0 Å². The zero-order valence-corrected chi connectivity index (χ0v) is 20.2. The lowest BCUT2D eigenvalue weighted by Crippen LogP contribution is -2.42. The highest BCUT2D eigenvalue weighted by molar-refractivity contribution is 6.03. The number of nitrogens with one attached hydrogen (secondary N) is 2. The van der Waals surface area contributed by atoms with Crippen LogP contribution < -0.4 is 26.8 Å². The van der Waals surface area contributed by atoms with Gasteiger partial charge >= 0.3 is 0 Å². The minimum Gasteiger partial charge on any atom is -0.508 e. The molecule has 0 heterocycles. The number of benzene rings is 3. The Morgan fingerprint density at radius 3 is 2.33 bits per heavy atom. The molecule has 3 amide bonds. The second kappa shape index (κ2) is 12.6. The maximum Gasteiger partial charge on any atom is 0.255 e. The number of fused-ring (bicyclic) bond motifs is 1. The highest BCUT2D eigenvalue weighted by Gasteiger charge is 2.19. The number of hydrogen-bond acceptors (Lipinski definition) is 6. The van der Waals surface area contributed by atoms with Crippen molar-refractivity contribution < 1.29 is 24.2 Å². The maximum absolute atomic E-state index is 12.8. The Morgan fingerprint density at radius 2 is 1.67 bits per heavy atom. The predicted octanol–water partition coefficient (Wildman–Crippen LogP) is 1.99. The Hall–Kier alpha value is -4.11. The Balaban J connectivity index is 1.50. The molecule has 3 aromatic carbocycles. The first-order valence-electron chi connectivity index (χ1n) is 11.8. The summed E-state index contributed by atoms with van der Waals surface area (Å²) in [5.41, 5.74) is 12.4. The predicted molar refractivity (Wildman–Crippen MR) is 138 cm³/mol. The second-order valence-electron chi connectivity index (χ2n) is 8.62. The molecule has 0 saturated carbocycles. The van der Waals surface area contributed by atoms with Crippen molar-refractivity contribution in [2.24, 2.45) is 11.5 Å². The largest absolute Gasteiger partial charge is 0.508 e. The third-order valence-electron chi connectivity index (χ3n) is 5.72. The fourth-order valence-electron chi connectivity index (χ4n) is 3.59. The summed E-state index contributed by atoms with van der Waals surface area (Å²) in [6, 6.07) is 16.2. The second-order valence-corrected chi connectivity index (χ2v) is 8.62. The number of carbonyl (C=O) groups is 3. The molecule has 3 rings (SSSR count). The van der Waals surface area contributed by atoms with E-state index in [1.54, 1.807) is 36.4 Å². The number of amides is 3. The fourth-order valence-corrected chi connectivity index (χ4v) is 3.59. The van der Waals surface area contributed by atoms with Gasteiger partial charge < -0.3 is 31.9 Å². The molecule has 190 valence electrons. The third kappa shape index (κ3) is 7.44. The van der Waals surface area contributed by atoms with Crippen LogP contribution in [0.1, 0.15) is 35.7 Å². The van der Waals surface area contributed by atoms with Gasteiger partial charge in [-0.25, -0.2) is 0 Å². The van der Waals surface area contributed by atoms with Gasteiger partial charge in [0.05, 0.1) is 18.2 Å². The molecule has 0 radical (unpaired) electrons. The van der Waals surface area contributed by atoms with Crippen molar-refractivity contribution in [2.45, 2.75) is 38.3 Å². The number of nitrogens with two attached hydrogens (primary N) is 2. The molecule has 9 heteroatoms. The van der Waals surface area contributed by atoms with E-state index >= 15 is 0 Å². The monoisotopic (exact) mass is 492 g/mol. The first kappa shape index (κ1) is 26.5. The van der Waals surface area contributed by atoms with Crippen LogP contribution in [0.3, 0.4) is 0 Å². The van der Waals surface area contributed by atoms with Crippen LogP contribution in [0.2, 0.25) is 0 Å². The molecule has 0 spiro atoms. The summed E-state index contributed by atoms with van der Waals surface area (Å²) in [5.74, 6) is -0.757. The lowest BCUT2D eigenvalue weighted by atomic mass is 10.0. The van der Waals surface area contributed by atoms with Crippen molar-refractivity contribution in [3.05, 3.63) is 71.8 Å². The molecule has 0 saturated heterocycles. The number of hydrogen-bond donors (Lipinski definition) is 5. The summed E-state index contributed by atoms with van der Waals surface area (Å²) in [6.45, 7) is 2.29. The Kier molecular flexibility index (Phi) is 9.24. The van der Waals surface area contributed by atoms with Crippen LogP contribution in [0.5, 0.6) is 11.5 Å². The summed E-state index contributed by atoms with van der Waals surface area (Å²) in [5, 5.41) is 16.5. The average molecular weight is 493 g/mol. The van der Waals surface area contributed by atoms with Crippen molar-refractivity contribution in [1.29, 1.82) is 0 Å². The molecule has 0 bridgehead atoms. The molecule has 0 aliphatic rings. The Bertz CT molecular complexity index is 1210. The zero-order valence-electron chi connectivity index (χ0n) is 20.2. The van der Waals surface area contributed by atoms with E-state index in [1.807, 2.05) is 24.3 Å². The van der Waals surface area contributed by atoms with Crippen LogP contribution in [0.15, 0.2) is 60.7 Å². The molecular weight excluding hydrogens is 460 g/mol. The van der Waals surface area contributed by atoms with Crippen molar-refractivity contribution >= 4 is 28.5 Å². The van der Waals surface area contributed by atoms with Crippen LogP contribution in [0, 0.1) is 0 Å². The molecule has 0 aliphatic carbocycles. The first-order chi connectivity index (χ1) is 17.2. The highest BCUT2D eigenvalue weighted by atomic mass is 16.5. The first-order valence-corrected chi connectivity index (χ1v) is 11.8. The van der Waals surface area contributed by atoms with E-state index < -0.39 is 23.9 Å². The summed E-state index contributed by atoms with van der Waals surface area (Å²) in [7, 11) is 0. The SMILES string of the molecule is C[C@@H](NC(=O)c1cc2ccccc2cc1OCCCCNC(=O)[C@H](N)Cc1ccc(O)cc1)C(N)=O. The van der Waals surface area contributed by atoms with E-state index in [1.165, 1.54) is 6.92 Å². The van der Waals surface area contributed by atoms with Crippen LogP contribution in [0.25, 0.3) is 10.8 Å². The number of unbranched alkanes of at least 4 members (excludes halogenated alkanes) is 1. The molecule has 7 N–H and O–H groups in total. The fraction of sp³-hybridized carbons (Fsp3) is 0.296. The van der Waals surface area contributed by atoms with Gasteiger partial charge in [-0.1, -0.05) is 36.4 Å². The van der Waals surface area contributed by atoms with E-state index in [0.717, 1.165) is 16.3 Å². The van der Waals surface area contributed by atoms with Gasteiger partial charge in [-0.3, -0.25) is 14.4 Å². The van der Waals surface area contributed by atoms with Crippen LogP contribution >= 0.6 is 0 Å². The standard InChI is InChI=1S/C27H32N4O5/c1-17(25(29)33)31-26(34)22-15-19-6-2-3-7-20(19)16-24(22)36-13-5-4-12-30-27(35)23(28)14-18-8-10-21(32)11-9-18/h2-3,6-11,15-17,23,32H,4-5,12-14,28H2,1H3,(H2,29,33)(H,30,35)(H,31,34)/t17-,23-/m1/s1. The summed E-state index contributed by atoms with van der Waals surface area (Å²) >= 11 is 0. The smallest absolute Gasteiger partial charge is 0.255 e. The molecule has 2 atom stereocenters. The van der Waals surface area contributed by atoms with Crippen LogP contribution in [0.4, 0.5) is 0 Å². The van der Waals surface area contributed by atoms with Gasteiger partial charge in [0, 0.05) is 6.54 Å². The Labute approximate surface area is 209 Å². The van der Waals surface area contributed by atoms with Gasteiger partial charge in [-0.15, -0.1) is 0 Å². The van der Waals surface area contributed by atoms with Gasteiger partial charge in [0.1, 0.15) is 17.5 Å². The molecule has 36 heavy (non-hydrogen) atoms. The minimum absolute atomic E-state index is 0.163. The van der Waals surface area contributed by atoms with Crippen LogP contribution in [-0.4, -0.2) is 48.1 Å². The lowest BCUT2D eigenvalue weighted by molar-refractivity contribution is -0.122. The molecule has 3 aromatic rings. The number of primary amides is 1. The number of carbonyl (C=O) groups excluding carboxylic acids is 3. The Morgan fingerprint density at radius 1 is 1.00 bits per heavy atom. The zero-order chi connectivity index (χ0) is 26.1. The summed E-state index contributed by atoms with van der Waals surface area (Å²) < 4.78 is 5.92.